The Morgan fingerprint density at radius 3 is 2.37 bits per heavy atom. The van der Waals surface area contributed by atoms with Gasteiger partial charge in [-0.15, -0.1) is 0 Å². The number of aliphatic hydroxyl groups excluding tert-OH is 1. The predicted molar refractivity (Wildman–Crippen MR) is 111 cm³/mol. The molecule has 0 bridgehead atoms. The van der Waals surface area contributed by atoms with Gasteiger partial charge in [-0.2, -0.15) is 0 Å². The van der Waals surface area contributed by atoms with Crippen LogP contribution < -0.4 is 10.6 Å². The number of halogens is 3. The summed E-state index contributed by atoms with van der Waals surface area (Å²) in [5.74, 6) is -2.42. The molecule has 0 aliphatic carbocycles. The van der Waals surface area contributed by atoms with Crippen molar-refractivity contribution >= 4 is 5.91 Å². The largest absolute Gasteiger partial charge is 0.390 e. The Kier molecular flexibility index (Phi) is 8.43. The monoisotopic (exact) mass is 422 g/mol. The lowest BCUT2D eigenvalue weighted by Gasteiger charge is -2.31. The predicted octanol–water partition coefficient (Wildman–Crippen LogP) is 3.41. The number of amides is 1. The third kappa shape index (κ3) is 6.85. The highest BCUT2D eigenvalue weighted by molar-refractivity contribution is 5.77. The van der Waals surface area contributed by atoms with Crippen LogP contribution in [0.15, 0.2) is 42.5 Å². The van der Waals surface area contributed by atoms with Crippen LogP contribution in [0.25, 0.3) is 0 Å². The van der Waals surface area contributed by atoms with Gasteiger partial charge in [0, 0.05) is 18.2 Å². The first-order valence-corrected chi connectivity index (χ1v) is 9.97. The lowest BCUT2D eigenvalue weighted by atomic mass is 9.91. The molecule has 0 radical (unpaired) electrons. The molecule has 0 saturated heterocycles. The fraction of sp³-hybridized carbons (Fsp3) is 0.435. The van der Waals surface area contributed by atoms with Crippen LogP contribution in [-0.2, 0) is 23.2 Å². The fourth-order valence-corrected chi connectivity index (χ4v) is 3.30. The van der Waals surface area contributed by atoms with E-state index in [2.05, 4.69) is 23.6 Å². The molecule has 2 atom stereocenters. The van der Waals surface area contributed by atoms with Crippen LogP contribution in [0.3, 0.4) is 0 Å². The van der Waals surface area contributed by atoms with Crippen LogP contribution in [0.5, 0.6) is 0 Å². The molecule has 4 nitrogen and oxygen atoms in total. The average molecular weight is 422 g/mol. The van der Waals surface area contributed by atoms with Crippen molar-refractivity contribution in [2.24, 2.45) is 0 Å². The van der Waals surface area contributed by atoms with E-state index in [0.29, 0.717) is 0 Å². The van der Waals surface area contributed by atoms with Gasteiger partial charge in [0.1, 0.15) is 11.6 Å². The van der Waals surface area contributed by atoms with Crippen molar-refractivity contribution in [1.29, 1.82) is 0 Å². The molecular formula is C23H29F3N2O2. The molecule has 0 saturated carbocycles. The SMILES string of the molecule is CCc1cccc(C(C)(C)NC[C@@H](O)[C@H](Cc2cc(F)cc(F)c2)NC(=O)CF)c1. The maximum absolute atomic E-state index is 13.5. The molecule has 0 fully saturated rings. The van der Waals surface area contributed by atoms with Gasteiger partial charge < -0.3 is 15.7 Å². The molecule has 0 aromatic heterocycles. The summed E-state index contributed by atoms with van der Waals surface area (Å²) in [5.41, 5.74) is 1.99. The Bertz CT molecular complexity index is 838. The van der Waals surface area contributed by atoms with Crippen LogP contribution in [0.1, 0.15) is 37.5 Å². The van der Waals surface area contributed by atoms with Gasteiger partial charge >= 0.3 is 0 Å². The first-order chi connectivity index (χ1) is 14.1. The fourth-order valence-electron chi connectivity index (χ4n) is 3.30. The van der Waals surface area contributed by atoms with E-state index in [0.717, 1.165) is 30.2 Å². The van der Waals surface area contributed by atoms with Gasteiger partial charge in [0.2, 0.25) is 0 Å². The summed E-state index contributed by atoms with van der Waals surface area (Å²) in [6, 6.07) is 10.1. The Morgan fingerprint density at radius 2 is 1.77 bits per heavy atom. The van der Waals surface area contributed by atoms with Gasteiger partial charge in [-0.05, 0) is 55.5 Å². The molecule has 0 aliphatic rings. The Hall–Kier alpha value is -2.38. The molecule has 2 rings (SSSR count). The average Bonchev–Trinajstić information content (AvgIpc) is 2.70. The molecule has 2 aromatic carbocycles. The Morgan fingerprint density at radius 1 is 1.10 bits per heavy atom. The minimum Gasteiger partial charge on any atom is -0.390 e. The number of hydrogen-bond donors (Lipinski definition) is 3. The van der Waals surface area contributed by atoms with E-state index in [4.69, 9.17) is 0 Å². The highest BCUT2D eigenvalue weighted by Gasteiger charge is 2.26. The Labute approximate surface area is 175 Å². The van der Waals surface area contributed by atoms with Gasteiger partial charge in [-0.3, -0.25) is 4.79 Å². The normalized spacial score (nSPS) is 13.7. The number of carbonyl (C=O) groups excluding carboxylic acids is 1. The zero-order valence-electron chi connectivity index (χ0n) is 17.5. The summed E-state index contributed by atoms with van der Waals surface area (Å²) in [6.07, 6.45) is -0.260. The summed E-state index contributed by atoms with van der Waals surface area (Å²) >= 11 is 0. The molecule has 0 aliphatic heterocycles. The molecule has 0 heterocycles. The molecule has 164 valence electrons. The first-order valence-electron chi connectivity index (χ1n) is 9.97. The lowest BCUT2D eigenvalue weighted by Crippen LogP contribution is -2.51. The summed E-state index contributed by atoms with van der Waals surface area (Å²) in [7, 11) is 0. The minimum absolute atomic E-state index is 0.0466. The molecule has 0 unspecified atom stereocenters. The molecule has 3 N–H and O–H groups in total. The second-order valence-electron chi connectivity index (χ2n) is 7.92. The Balaban J connectivity index is 2.12. The van der Waals surface area contributed by atoms with Crippen molar-refractivity contribution in [2.45, 2.75) is 51.3 Å². The summed E-state index contributed by atoms with van der Waals surface area (Å²) in [6.45, 7) is 4.83. The number of rotatable bonds is 10. The second-order valence-corrected chi connectivity index (χ2v) is 7.92. The highest BCUT2D eigenvalue weighted by atomic mass is 19.1. The third-order valence-electron chi connectivity index (χ3n) is 5.12. The second kappa shape index (κ2) is 10.6. The van der Waals surface area contributed by atoms with E-state index in [9.17, 15) is 23.1 Å². The van der Waals surface area contributed by atoms with E-state index in [-0.39, 0.29) is 18.5 Å². The van der Waals surface area contributed by atoms with Crippen molar-refractivity contribution in [3.63, 3.8) is 0 Å². The summed E-state index contributed by atoms with van der Waals surface area (Å²) in [4.78, 5) is 11.6. The van der Waals surface area contributed by atoms with Gasteiger partial charge in [0.25, 0.3) is 5.91 Å². The smallest absolute Gasteiger partial charge is 0.251 e. The van der Waals surface area contributed by atoms with E-state index >= 15 is 0 Å². The van der Waals surface area contributed by atoms with Crippen LogP contribution in [0, 0.1) is 11.6 Å². The number of aliphatic hydroxyl groups is 1. The molecule has 0 spiro atoms. The number of carbonyl (C=O) groups is 1. The summed E-state index contributed by atoms with van der Waals surface area (Å²) < 4.78 is 39.7. The first kappa shape index (κ1) is 23.9. The molecule has 7 heteroatoms. The number of nitrogens with one attached hydrogen (secondary N) is 2. The van der Waals surface area contributed by atoms with Crippen LogP contribution in [0.4, 0.5) is 13.2 Å². The standard InChI is InChI=1S/C23H29F3N2O2/c1-4-15-6-5-7-17(8-15)23(2,3)27-14-21(29)20(28-22(30)13-24)11-16-9-18(25)12-19(26)10-16/h5-10,12,20-21,27,29H,4,11,13-14H2,1-3H3,(H,28,30)/t20-,21+/m0/s1. The molecule has 30 heavy (non-hydrogen) atoms. The van der Waals surface area contributed by atoms with E-state index in [1.807, 2.05) is 32.0 Å². The zero-order chi connectivity index (χ0) is 22.3. The highest BCUT2D eigenvalue weighted by Crippen LogP contribution is 2.21. The number of alkyl halides is 1. The van der Waals surface area contributed by atoms with Crippen molar-refractivity contribution in [2.75, 3.05) is 13.2 Å². The van der Waals surface area contributed by atoms with Crippen LogP contribution in [-0.4, -0.2) is 36.4 Å². The number of benzene rings is 2. The van der Waals surface area contributed by atoms with Crippen molar-refractivity contribution in [3.8, 4) is 0 Å². The van der Waals surface area contributed by atoms with Gasteiger partial charge in [-0.1, -0.05) is 31.2 Å². The lowest BCUT2D eigenvalue weighted by molar-refractivity contribution is -0.123. The van der Waals surface area contributed by atoms with Crippen molar-refractivity contribution in [3.05, 3.63) is 70.8 Å². The van der Waals surface area contributed by atoms with Crippen LogP contribution >= 0.6 is 0 Å². The molecule has 2 aromatic rings. The van der Waals surface area contributed by atoms with Crippen molar-refractivity contribution < 1.29 is 23.1 Å². The quantitative estimate of drug-likeness (QED) is 0.550. The molecular weight excluding hydrogens is 393 g/mol. The maximum atomic E-state index is 13.5. The molecule has 1 amide bonds. The van der Waals surface area contributed by atoms with Crippen molar-refractivity contribution in [1.82, 2.24) is 10.6 Å². The van der Waals surface area contributed by atoms with E-state index in [1.165, 1.54) is 5.56 Å². The van der Waals surface area contributed by atoms with Gasteiger partial charge in [0.15, 0.2) is 6.67 Å². The minimum atomic E-state index is -1.25. The van der Waals surface area contributed by atoms with Gasteiger partial charge in [-0.25, -0.2) is 13.2 Å². The van der Waals surface area contributed by atoms with E-state index < -0.39 is 41.9 Å². The van der Waals surface area contributed by atoms with Crippen LogP contribution in [0.2, 0.25) is 0 Å². The number of aryl methyl sites for hydroxylation is 1. The summed E-state index contributed by atoms with van der Waals surface area (Å²) in [5, 5.41) is 16.3. The van der Waals surface area contributed by atoms with Gasteiger partial charge in [0.05, 0.1) is 12.1 Å². The zero-order valence-corrected chi connectivity index (χ0v) is 17.5. The maximum Gasteiger partial charge on any atom is 0.251 e. The number of hydrogen-bond acceptors (Lipinski definition) is 3. The topological polar surface area (TPSA) is 61.4 Å². The van der Waals surface area contributed by atoms with E-state index in [1.54, 1.807) is 0 Å². The third-order valence-corrected chi connectivity index (χ3v) is 5.12.